The van der Waals surface area contributed by atoms with Gasteiger partial charge in [0.1, 0.15) is 5.01 Å². The van der Waals surface area contributed by atoms with Crippen LogP contribution in [0, 0.1) is 0 Å². The van der Waals surface area contributed by atoms with E-state index >= 15 is 0 Å². The van der Waals surface area contributed by atoms with Gasteiger partial charge in [0.25, 0.3) is 0 Å². The molecule has 3 rings (SSSR count). The Morgan fingerprint density at radius 1 is 1.39 bits per heavy atom. The first-order valence-corrected chi connectivity index (χ1v) is 7.56. The standard InChI is InChI=1S/C13H19N3OS/c17-11-2-4-13(15-11)3-1-7-16(8-5-13)10-12-14-6-9-18-12/h6,9H,1-5,7-8,10H2,(H,15,17)/t13-/m1/s1. The molecule has 2 aliphatic rings. The smallest absolute Gasteiger partial charge is 0.220 e. The molecule has 1 spiro atoms. The van der Waals surface area contributed by atoms with E-state index in [0.29, 0.717) is 6.42 Å². The highest BCUT2D eigenvalue weighted by atomic mass is 32.1. The van der Waals surface area contributed by atoms with Crippen molar-refractivity contribution in [2.45, 2.75) is 44.2 Å². The SMILES string of the molecule is O=C1CC[C@@]2(CCCN(Cc3nccs3)CC2)N1. The third-order valence-corrected chi connectivity index (χ3v) is 4.88. The quantitative estimate of drug-likeness (QED) is 0.886. The Bertz CT molecular complexity index is 420. The Balaban J connectivity index is 1.60. The van der Waals surface area contributed by atoms with Gasteiger partial charge >= 0.3 is 0 Å². The van der Waals surface area contributed by atoms with Crippen LogP contribution in [-0.4, -0.2) is 34.4 Å². The van der Waals surface area contributed by atoms with Crippen LogP contribution in [0.4, 0.5) is 0 Å². The van der Waals surface area contributed by atoms with Crippen LogP contribution in [0.1, 0.15) is 37.1 Å². The Morgan fingerprint density at radius 2 is 2.33 bits per heavy atom. The summed E-state index contributed by atoms with van der Waals surface area (Å²) in [5.74, 6) is 0.239. The van der Waals surface area contributed by atoms with E-state index in [2.05, 4.69) is 15.2 Å². The zero-order valence-electron chi connectivity index (χ0n) is 10.5. The van der Waals surface area contributed by atoms with Crippen molar-refractivity contribution in [1.29, 1.82) is 0 Å². The Kier molecular flexibility index (Phi) is 3.35. The van der Waals surface area contributed by atoms with Gasteiger partial charge in [-0.2, -0.15) is 0 Å². The summed E-state index contributed by atoms with van der Waals surface area (Å²) in [4.78, 5) is 18.3. The van der Waals surface area contributed by atoms with Gasteiger partial charge in [-0.05, 0) is 32.2 Å². The summed E-state index contributed by atoms with van der Waals surface area (Å²) >= 11 is 1.72. The molecular weight excluding hydrogens is 246 g/mol. The van der Waals surface area contributed by atoms with Crippen molar-refractivity contribution in [2.24, 2.45) is 0 Å². The molecule has 4 nitrogen and oxygen atoms in total. The van der Waals surface area contributed by atoms with Crippen LogP contribution in [0.25, 0.3) is 0 Å². The molecule has 98 valence electrons. The van der Waals surface area contributed by atoms with Crippen molar-refractivity contribution in [3.63, 3.8) is 0 Å². The first kappa shape index (κ1) is 12.1. The van der Waals surface area contributed by atoms with E-state index in [1.165, 1.54) is 11.4 Å². The van der Waals surface area contributed by atoms with Gasteiger partial charge in [-0.15, -0.1) is 11.3 Å². The summed E-state index contributed by atoms with van der Waals surface area (Å²) in [7, 11) is 0. The number of rotatable bonds is 2. The molecule has 1 atom stereocenters. The van der Waals surface area contributed by atoms with Gasteiger partial charge in [-0.1, -0.05) is 0 Å². The summed E-state index contributed by atoms with van der Waals surface area (Å²) < 4.78 is 0. The maximum Gasteiger partial charge on any atom is 0.220 e. The van der Waals surface area contributed by atoms with Crippen LogP contribution in [-0.2, 0) is 11.3 Å². The Labute approximate surface area is 111 Å². The molecule has 0 radical (unpaired) electrons. The fraction of sp³-hybridized carbons (Fsp3) is 0.692. The van der Waals surface area contributed by atoms with Crippen molar-refractivity contribution in [3.05, 3.63) is 16.6 Å². The molecule has 1 amide bonds. The van der Waals surface area contributed by atoms with E-state index in [4.69, 9.17) is 0 Å². The minimum Gasteiger partial charge on any atom is -0.351 e. The van der Waals surface area contributed by atoms with E-state index in [-0.39, 0.29) is 11.4 Å². The molecule has 0 aliphatic carbocycles. The van der Waals surface area contributed by atoms with E-state index < -0.39 is 0 Å². The van der Waals surface area contributed by atoms with Gasteiger partial charge in [0.2, 0.25) is 5.91 Å². The maximum absolute atomic E-state index is 11.4. The molecule has 2 fully saturated rings. The second-order valence-electron chi connectivity index (χ2n) is 5.38. The van der Waals surface area contributed by atoms with Gasteiger partial charge in [-0.25, -0.2) is 4.98 Å². The number of carbonyl (C=O) groups excluding carboxylic acids is 1. The van der Waals surface area contributed by atoms with Crippen LogP contribution in [0.3, 0.4) is 0 Å². The van der Waals surface area contributed by atoms with E-state index in [9.17, 15) is 4.79 Å². The maximum atomic E-state index is 11.4. The lowest BCUT2D eigenvalue weighted by molar-refractivity contribution is -0.119. The van der Waals surface area contributed by atoms with Crippen LogP contribution in [0.15, 0.2) is 11.6 Å². The largest absolute Gasteiger partial charge is 0.351 e. The predicted molar refractivity (Wildman–Crippen MR) is 71.3 cm³/mol. The summed E-state index contributed by atoms with van der Waals surface area (Å²) in [5.41, 5.74) is 0.106. The highest BCUT2D eigenvalue weighted by Crippen LogP contribution is 2.31. The molecule has 3 heterocycles. The molecule has 0 unspecified atom stereocenters. The molecule has 18 heavy (non-hydrogen) atoms. The van der Waals surface area contributed by atoms with Crippen molar-refractivity contribution in [3.8, 4) is 0 Å². The Morgan fingerprint density at radius 3 is 3.06 bits per heavy atom. The van der Waals surface area contributed by atoms with Gasteiger partial charge in [-0.3, -0.25) is 9.69 Å². The summed E-state index contributed by atoms with van der Waals surface area (Å²) in [6.45, 7) is 3.15. The van der Waals surface area contributed by atoms with Crippen LogP contribution < -0.4 is 5.32 Å². The highest BCUT2D eigenvalue weighted by Gasteiger charge is 2.38. The van der Waals surface area contributed by atoms with Crippen LogP contribution >= 0.6 is 11.3 Å². The average molecular weight is 265 g/mol. The molecule has 1 aromatic rings. The molecule has 0 bridgehead atoms. The molecule has 2 saturated heterocycles. The lowest BCUT2D eigenvalue weighted by Gasteiger charge is -2.27. The van der Waals surface area contributed by atoms with Gasteiger partial charge in [0, 0.05) is 30.1 Å². The summed E-state index contributed by atoms with van der Waals surface area (Å²) in [6, 6.07) is 0. The Hall–Kier alpha value is -0.940. The first-order chi connectivity index (χ1) is 8.76. The van der Waals surface area contributed by atoms with Gasteiger partial charge in [0.15, 0.2) is 0 Å². The molecule has 5 heteroatoms. The lowest BCUT2D eigenvalue weighted by atomic mass is 9.89. The predicted octanol–water partition coefficient (Wildman–Crippen LogP) is 1.78. The zero-order chi connectivity index (χ0) is 12.4. The fourth-order valence-electron chi connectivity index (χ4n) is 3.08. The number of hydrogen-bond donors (Lipinski definition) is 1. The average Bonchev–Trinajstić information content (AvgIpc) is 2.92. The number of likely N-dealkylation sites (tertiary alicyclic amines) is 1. The summed E-state index contributed by atoms with van der Waals surface area (Å²) in [5, 5.41) is 6.44. The van der Waals surface area contributed by atoms with Crippen molar-refractivity contribution >= 4 is 17.2 Å². The highest BCUT2D eigenvalue weighted by molar-refractivity contribution is 7.09. The molecule has 1 N–H and O–H groups in total. The number of aromatic nitrogens is 1. The van der Waals surface area contributed by atoms with Crippen LogP contribution in [0.2, 0.25) is 0 Å². The zero-order valence-corrected chi connectivity index (χ0v) is 11.3. The molecular formula is C13H19N3OS. The van der Waals surface area contributed by atoms with Crippen molar-refractivity contribution in [1.82, 2.24) is 15.2 Å². The van der Waals surface area contributed by atoms with Gasteiger partial charge in [0.05, 0.1) is 6.54 Å². The minimum atomic E-state index is 0.106. The molecule has 0 saturated carbocycles. The number of amides is 1. The second kappa shape index (κ2) is 4.97. The van der Waals surface area contributed by atoms with E-state index in [1.54, 1.807) is 11.3 Å². The van der Waals surface area contributed by atoms with E-state index in [1.807, 2.05) is 11.6 Å². The van der Waals surface area contributed by atoms with Gasteiger partial charge < -0.3 is 5.32 Å². The normalized spacial score (nSPS) is 29.4. The second-order valence-corrected chi connectivity index (χ2v) is 6.36. The molecule has 0 aromatic carbocycles. The lowest BCUT2D eigenvalue weighted by Crippen LogP contribution is -2.42. The number of hydrogen-bond acceptors (Lipinski definition) is 4. The number of thiazole rings is 1. The minimum absolute atomic E-state index is 0.106. The van der Waals surface area contributed by atoms with E-state index in [0.717, 1.165) is 38.9 Å². The third-order valence-electron chi connectivity index (χ3n) is 4.11. The number of carbonyl (C=O) groups is 1. The molecule has 1 aromatic heterocycles. The monoisotopic (exact) mass is 265 g/mol. The number of nitrogens with one attached hydrogen (secondary N) is 1. The molecule has 2 aliphatic heterocycles. The van der Waals surface area contributed by atoms with Crippen LogP contribution in [0.5, 0.6) is 0 Å². The fourth-order valence-corrected chi connectivity index (χ4v) is 3.74. The first-order valence-electron chi connectivity index (χ1n) is 6.68. The summed E-state index contributed by atoms with van der Waals surface area (Å²) in [6.07, 6.45) is 7.00. The van der Waals surface area contributed by atoms with Crippen molar-refractivity contribution in [2.75, 3.05) is 13.1 Å². The third kappa shape index (κ3) is 2.57. The topological polar surface area (TPSA) is 45.2 Å². The number of nitrogens with zero attached hydrogens (tertiary/aromatic N) is 2. The van der Waals surface area contributed by atoms with Crippen molar-refractivity contribution < 1.29 is 4.79 Å².